The number of rotatable bonds is 6. The molecule has 0 saturated heterocycles. The van der Waals surface area contributed by atoms with E-state index in [9.17, 15) is 0 Å². The van der Waals surface area contributed by atoms with E-state index >= 15 is 0 Å². The van der Waals surface area contributed by atoms with Gasteiger partial charge in [0.25, 0.3) is 0 Å². The molecule has 24 heavy (non-hydrogen) atoms. The molecule has 0 saturated carbocycles. The monoisotopic (exact) mass is 548 g/mol. The lowest BCUT2D eigenvalue weighted by molar-refractivity contribution is 0.477. The van der Waals surface area contributed by atoms with Crippen LogP contribution >= 0.6 is 45.2 Å². The quantitative estimate of drug-likeness (QED) is 0.241. The molecule has 2 aromatic rings. The first kappa shape index (κ1) is 19.5. The number of hydrogen-bond donors (Lipinski definition) is 0. The standard InChI is InChI=1S/C19H22I2N2O/c1-5-23(6-2)12-22-18-9-14(4)19(10-13(18)3)24-15-7-8-16(20)17(21)11-15/h7-12H,5-6H2,1-4H3/b22-12+. The number of aryl methyl sites for hydroxylation is 2. The molecule has 0 N–H and O–H groups in total. The van der Waals surface area contributed by atoms with Crippen LogP contribution in [0, 0.1) is 21.0 Å². The molecule has 0 amide bonds. The number of benzene rings is 2. The number of hydrogen-bond acceptors (Lipinski definition) is 2. The molecule has 2 aromatic carbocycles. The molecule has 0 unspecified atom stereocenters. The van der Waals surface area contributed by atoms with Crippen LogP contribution in [0.1, 0.15) is 25.0 Å². The highest BCUT2D eigenvalue weighted by molar-refractivity contribution is 14.1. The third kappa shape index (κ3) is 5.08. The minimum atomic E-state index is 0.863. The first-order valence-corrected chi connectivity index (χ1v) is 10.1. The van der Waals surface area contributed by atoms with E-state index in [4.69, 9.17) is 4.74 Å². The maximum atomic E-state index is 6.08. The van der Waals surface area contributed by atoms with Crippen LogP contribution in [0.5, 0.6) is 11.5 Å². The van der Waals surface area contributed by atoms with Crippen LogP contribution in [0.15, 0.2) is 35.3 Å². The van der Waals surface area contributed by atoms with Gasteiger partial charge in [-0.25, -0.2) is 4.99 Å². The zero-order valence-electron chi connectivity index (χ0n) is 14.4. The Kier molecular flexibility index (Phi) is 7.34. The fourth-order valence-corrected chi connectivity index (χ4v) is 3.04. The van der Waals surface area contributed by atoms with Crippen molar-refractivity contribution in [3.8, 4) is 11.5 Å². The highest BCUT2D eigenvalue weighted by Crippen LogP contribution is 2.32. The lowest BCUT2D eigenvalue weighted by atomic mass is 10.1. The summed E-state index contributed by atoms with van der Waals surface area (Å²) < 4.78 is 8.50. The third-order valence-electron chi connectivity index (χ3n) is 3.78. The van der Waals surface area contributed by atoms with Gasteiger partial charge in [0.2, 0.25) is 0 Å². The summed E-state index contributed by atoms with van der Waals surface area (Å²) in [6.07, 6.45) is 1.92. The lowest BCUT2D eigenvalue weighted by Crippen LogP contribution is -2.20. The summed E-state index contributed by atoms with van der Waals surface area (Å²) in [5.41, 5.74) is 3.18. The van der Waals surface area contributed by atoms with Crippen LogP contribution in [0.25, 0.3) is 0 Å². The Morgan fingerprint density at radius 3 is 2.33 bits per heavy atom. The summed E-state index contributed by atoms with van der Waals surface area (Å²) in [7, 11) is 0. The minimum absolute atomic E-state index is 0.863. The van der Waals surface area contributed by atoms with E-state index < -0.39 is 0 Å². The average molecular weight is 548 g/mol. The predicted molar refractivity (Wildman–Crippen MR) is 119 cm³/mol. The van der Waals surface area contributed by atoms with E-state index in [-0.39, 0.29) is 0 Å². The Hall–Kier alpha value is -0.830. The van der Waals surface area contributed by atoms with Gasteiger partial charge in [-0.15, -0.1) is 0 Å². The van der Waals surface area contributed by atoms with Crippen molar-refractivity contribution in [1.29, 1.82) is 0 Å². The van der Waals surface area contributed by atoms with Gasteiger partial charge >= 0.3 is 0 Å². The topological polar surface area (TPSA) is 24.8 Å². The normalized spacial score (nSPS) is 11.1. The number of ether oxygens (including phenoxy) is 1. The van der Waals surface area contributed by atoms with Gasteiger partial charge in [-0.05, 0) is 114 Å². The molecule has 0 aliphatic carbocycles. The fourth-order valence-electron chi connectivity index (χ4n) is 2.22. The van der Waals surface area contributed by atoms with Crippen molar-refractivity contribution in [2.24, 2.45) is 4.99 Å². The van der Waals surface area contributed by atoms with E-state index in [1.54, 1.807) is 0 Å². The summed E-state index contributed by atoms with van der Waals surface area (Å²) in [6, 6.07) is 10.3. The molecule has 0 radical (unpaired) electrons. The van der Waals surface area contributed by atoms with E-state index in [0.29, 0.717) is 0 Å². The molecule has 128 valence electrons. The summed E-state index contributed by atoms with van der Waals surface area (Å²) >= 11 is 4.65. The highest BCUT2D eigenvalue weighted by Gasteiger charge is 2.07. The zero-order valence-corrected chi connectivity index (χ0v) is 18.8. The molecule has 0 aromatic heterocycles. The van der Waals surface area contributed by atoms with Gasteiger partial charge in [-0.2, -0.15) is 0 Å². The second kappa shape index (κ2) is 9.03. The molecule has 5 heteroatoms. The van der Waals surface area contributed by atoms with Gasteiger partial charge in [-0.1, -0.05) is 0 Å². The van der Waals surface area contributed by atoms with Gasteiger partial charge < -0.3 is 9.64 Å². The van der Waals surface area contributed by atoms with Crippen molar-refractivity contribution in [1.82, 2.24) is 4.90 Å². The zero-order chi connectivity index (χ0) is 17.7. The van der Waals surface area contributed by atoms with Crippen molar-refractivity contribution in [2.75, 3.05) is 13.1 Å². The molecular weight excluding hydrogens is 526 g/mol. The highest BCUT2D eigenvalue weighted by atomic mass is 127. The van der Waals surface area contributed by atoms with Crippen LogP contribution in [0.4, 0.5) is 5.69 Å². The van der Waals surface area contributed by atoms with Crippen LogP contribution in [0.3, 0.4) is 0 Å². The largest absolute Gasteiger partial charge is 0.457 e. The number of halogens is 2. The van der Waals surface area contributed by atoms with E-state index in [1.807, 2.05) is 12.4 Å². The Morgan fingerprint density at radius 2 is 1.71 bits per heavy atom. The van der Waals surface area contributed by atoms with Gasteiger partial charge in [0.05, 0.1) is 12.0 Å². The van der Waals surface area contributed by atoms with E-state index in [2.05, 4.69) is 107 Å². The van der Waals surface area contributed by atoms with Gasteiger partial charge in [0, 0.05) is 20.2 Å². The van der Waals surface area contributed by atoms with E-state index in [1.165, 1.54) is 7.14 Å². The van der Waals surface area contributed by atoms with Crippen LogP contribution in [0.2, 0.25) is 0 Å². The molecule has 0 aliphatic heterocycles. The summed E-state index contributed by atoms with van der Waals surface area (Å²) in [5.74, 6) is 1.74. The summed E-state index contributed by atoms with van der Waals surface area (Å²) in [6.45, 7) is 10.3. The Balaban J connectivity index is 2.24. The van der Waals surface area contributed by atoms with Crippen LogP contribution in [-0.4, -0.2) is 24.3 Å². The smallest absolute Gasteiger partial charge is 0.130 e. The third-order valence-corrected chi connectivity index (χ3v) is 6.65. The van der Waals surface area contributed by atoms with Gasteiger partial charge in [0.1, 0.15) is 11.5 Å². The van der Waals surface area contributed by atoms with Crippen molar-refractivity contribution in [3.05, 3.63) is 48.6 Å². The first-order valence-electron chi connectivity index (χ1n) is 7.97. The van der Waals surface area contributed by atoms with Crippen molar-refractivity contribution in [3.63, 3.8) is 0 Å². The molecule has 2 rings (SSSR count). The predicted octanol–water partition coefficient (Wildman–Crippen LogP) is 6.31. The molecule has 0 spiro atoms. The molecule has 0 bridgehead atoms. The second-order valence-corrected chi connectivity index (χ2v) is 7.87. The molecule has 0 aliphatic rings. The van der Waals surface area contributed by atoms with Gasteiger partial charge in [-0.3, -0.25) is 0 Å². The maximum Gasteiger partial charge on any atom is 0.130 e. The summed E-state index contributed by atoms with van der Waals surface area (Å²) in [4.78, 5) is 6.80. The second-order valence-electron chi connectivity index (χ2n) is 5.55. The SMILES string of the molecule is CCN(/C=N/c1cc(C)c(Oc2ccc(I)c(I)c2)cc1C)CC. The lowest BCUT2D eigenvalue weighted by Gasteiger charge is -2.15. The maximum absolute atomic E-state index is 6.08. The number of aliphatic imine (C=N–C) groups is 1. The molecule has 0 heterocycles. The Morgan fingerprint density at radius 1 is 1.00 bits per heavy atom. The molecule has 0 atom stereocenters. The van der Waals surface area contributed by atoms with Crippen molar-refractivity contribution in [2.45, 2.75) is 27.7 Å². The Labute approximate surface area is 171 Å². The average Bonchev–Trinajstić information content (AvgIpc) is 2.56. The van der Waals surface area contributed by atoms with Crippen molar-refractivity contribution < 1.29 is 4.74 Å². The first-order chi connectivity index (χ1) is 11.4. The molecule has 0 fully saturated rings. The van der Waals surface area contributed by atoms with Crippen LogP contribution < -0.4 is 4.74 Å². The number of nitrogens with zero attached hydrogens (tertiary/aromatic N) is 2. The molecule has 3 nitrogen and oxygen atoms in total. The van der Waals surface area contributed by atoms with E-state index in [0.717, 1.165) is 41.4 Å². The van der Waals surface area contributed by atoms with Crippen LogP contribution in [-0.2, 0) is 0 Å². The Bertz CT molecular complexity index is 740. The van der Waals surface area contributed by atoms with Gasteiger partial charge in [0.15, 0.2) is 0 Å². The van der Waals surface area contributed by atoms with Crippen molar-refractivity contribution >= 4 is 57.2 Å². The minimum Gasteiger partial charge on any atom is -0.457 e. The fraction of sp³-hybridized carbons (Fsp3) is 0.316. The molecular formula is C19H22I2N2O. The summed E-state index contributed by atoms with van der Waals surface area (Å²) in [5, 5.41) is 0.